The second-order valence-electron chi connectivity index (χ2n) is 5.97. The van der Waals surface area contributed by atoms with E-state index in [0.717, 1.165) is 18.4 Å². The molecular formula is C19H24N2O3S. The molecular weight excluding hydrogens is 336 g/mol. The summed E-state index contributed by atoms with van der Waals surface area (Å²) in [7, 11) is -3.72. The third-order valence-corrected chi connectivity index (χ3v) is 5.87. The van der Waals surface area contributed by atoms with E-state index in [0.29, 0.717) is 0 Å². The van der Waals surface area contributed by atoms with E-state index in [1.165, 1.54) is 24.3 Å². The Bertz CT molecular complexity index is 798. The molecule has 1 atom stereocenters. The van der Waals surface area contributed by atoms with Crippen molar-refractivity contribution in [3.63, 3.8) is 0 Å². The normalized spacial score (nSPS) is 12.9. The number of hydrogen-bond donors (Lipinski definition) is 2. The molecule has 0 unspecified atom stereocenters. The number of primary amides is 1. The topological polar surface area (TPSA) is 89.3 Å². The monoisotopic (exact) mass is 360 g/mol. The summed E-state index contributed by atoms with van der Waals surface area (Å²) >= 11 is 0. The minimum atomic E-state index is -3.72. The van der Waals surface area contributed by atoms with Crippen LogP contribution in [-0.2, 0) is 10.0 Å². The average molecular weight is 360 g/mol. The Labute approximate surface area is 149 Å². The smallest absolute Gasteiger partial charge is 0.248 e. The lowest BCUT2D eigenvalue weighted by Crippen LogP contribution is -2.33. The summed E-state index contributed by atoms with van der Waals surface area (Å²) in [6, 6.07) is 14.9. The number of benzene rings is 2. The first-order chi connectivity index (χ1) is 11.9. The molecule has 6 heteroatoms. The summed E-state index contributed by atoms with van der Waals surface area (Å²) in [6.45, 7) is 4.11. The second-order valence-corrected chi connectivity index (χ2v) is 7.69. The zero-order valence-electron chi connectivity index (χ0n) is 14.5. The van der Waals surface area contributed by atoms with Crippen LogP contribution in [0, 0.1) is 5.92 Å². The average Bonchev–Trinajstić information content (AvgIpc) is 2.62. The molecule has 0 aliphatic heterocycles. The van der Waals surface area contributed by atoms with Gasteiger partial charge in [0.25, 0.3) is 0 Å². The number of nitrogens with one attached hydrogen (secondary N) is 1. The Balaban J connectivity index is 2.34. The van der Waals surface area contributed by atoms with E-state index in [1.807, 2.05) is 30.3 Å². The fraction of sp³-hybridized carbons (Fsp3) is 0.316. The number of nitrogens with two attached hydrogens (primary N) is 1. The predicted octanol–water partition coefficient (Wildman–Crippen LogP) is 3.24. The lowest BCUT2D eigenvalue weighted by Gasteiger charge is -2.26. The minimum absolute atomic E-state index is 0.115. The Morgan fingerprint density at radius 2 is 1.56 bits per heavy atom. The van der Waals surface area contributed by atoms with Gasteiger partial charge in [0, 0.05) is 11.6 Å². The summed E-state index contributed by atoms with van der Waals surface area (Å²) < 4.78 is 28.4. The molecule has 5 nitrogen and oxygen atoms in total. The first kappa shape index (κ1) is 19.1. The first-order valence-electron chi connectivity index (χ1n) is 8.36. The molecule has 0 aromatic heterocycles. The van der Waals surface area contributed by atoms with Gasteiger partial charge in [-0.15, -0.1) is 0 Å². The number of carbonyl (C=O) groups is 1. The first-order valence-corrected chi connectivity index (χ1v) is 9.84. The standard InChI is InChI=1S/C19H24N2O3S/c1-3-14(4-2)18(15-8-6-5-7-9-15)21-25(23,24)17-12-10-16(11-13-17)19(20)22/h5-14,18,21H,3-4H2,1-2H3,(H2,20,22)/t18-/m0/s1. The molecule has 0 saturated carbocycles. The molecule has 0 bridgehead atoms. The Hall–Kier alpha value is -2.18. The molecule has 0 aliphatic carbocycles. The zero-order chi connectivity index (χ0) is 18.4. The molecule has 0 radical (unpaired) electrons. The molecule has 2 rings (SSSR count). The van der Waals surface area contributed by atoms with Crippen LogP contribution in [0.4, 0.5) is 0 Å². The number of hydrogen-bond acceptors (Lipinski definition) is 3. The highest BCUT2D eigenvalue weighted by molar-refractivity contribution is 7.89. The summed E-state index contributed by atoms with van der Waals surface area (Å²) in [5, 5.41) is 0. The second kappa shape index (κ2) is 8.27. The van der Waals surface area contributed by atoms with Crippen LogP contribution in [0.25, 0.3) is 0 Å². The summed E-state index contributed by atoms with van der Waals surface area (Å²) in [6.07, 6.45) is 1.72. The van der Waals surface area contributed by atoms with Crippen LogP contribution in [0.2, 0.25) is 0 Å². The van der Waals surface area contributed by atoms with Crippen molar-refractivity contribution >= 4 is 15.9 Å². The molecule has 1 amide bonds. The number of sulfonamides is 1. The van der Waals surface area contributed by atoms with Crippen molar-refractivity contribution in [2.75, 3.05) is 0 Å². The van der Waals surface area contributed by atoms with Crippen LogP contribution in [0.3, 0.4) is 0 Å². The fourth-order valence-electron chi connectivity index (χ4n) is 2.89. The SMILES string of the molecule is CCC(CC)[C@H](NS(=O)(=O)c1ccc(C(N)=O)cc1)c1ccccc1. The van der Waals surface area contributed by atoms with Crippen molar-refractivity contribution < 1.29 is 13.2 Å². The predicted molar refractivity (Wildman–Crippen MR) is 98.5 cm³/mol. The van der Waals surface area contributed by atoms with Gasteiger partial charge in [0.05, 0.1) is 4.90 Å². The maximum Gasteiger partial charge on any atom is 0.248 e. The van der Waals surface area contributed by atoms with E-state index in [1.54, 1.807) is 0 Å². The molecule has 2 aromatic rings. The van der Waals surface area contributed by atoms with Gasteiger partial charge < -0.3 is 5.73 Å². The van der Waals surface area contributed by atoms with Crippen molar-refractivity contribution in [1.82, 2.24) is 4.72 Å². The third kappa shape index (κ3) is 4.67. The maximum atomic E-state index is 12.8. The van der Waals surface area contributed by atoms with Gasteiger partial charge >= 0.3 is 0 Å². The molecule has 134 valence electrons. The van der Waals surface area contributed by atoms with Gasteiger partial charge in [-0.25, -0.2) is 13.1 Å². The molecule has 0 fully saturated rings. The van der Waals surface area contributed by atoms with Crippen molar-refractivity contribution in [2.45, 2.75) is 37.6 Å². The highest BCUT2D eigenvalue weighted by Crippen LogP contribution is 2.29. The van der Waals surface area contributed by atoms with E-state index >= 15 is 0 Å². The van der Waals surface area contributed by atoms with Crippen LogP contribution >= 0.6 is 0 Å². The van der Waals surface area contributed by atoms with Crippen LogP contribution in [0.1, 0.15) is 48.7 Å². The van der Waals surface area contributed by atoms with E-state index in [4.69, 9.17) is 5.73 Å². The van der Waals surface area contributed by atoms with Crippen LogP contribution in [0.15, 0.2) is 59.5 Å². The highest BCUT2D eigenvalue weighted by Gasteiger charge is 2.26. The van der Waals surface area contributed by atoms with Gasteiger partial charge in [0.15, 0.2) is 0 Å². The highest BCUT2D eigenvalue weighted by atomic mass is 32.2. The van der Waals surface area contributed by atoms with Gasteiger partial charge in [-0.1, -0.05) is 57.0 Å². The fourth-order valence-corrected chi connectivity index (χ4v) is 4.18. The quantitative estimate of drug-likeness (QED) is 0.757. The van der Waals surface area contributed by atoms with Gasteiger partial charge in [-0.05, 0) is 35.7 Å². The van der Waals surface area contributed by atoms with Crippen LogP contribution in [-0.4, -0.2) is 14.3 Å². The molecule has 0 heterocycles. The van der Waals surface area contributed by atoms with E-state index in [-0.39, 0.29) is 22.4 Å². The lowest BCUT2D eigenvalue weighted by molar-refractivity contribution is 0.1000. The molecule has 25 heavy (non-hydrogen) atoms. The largest absolute Gasteiger partial charge is 0.366 e. The summed E-state index contributed by atoms with van der Waals surface area (Å²) in [5.74, 6) is -0.404. The van der Waals surface area contributed by atoms with E-state index in [2.05, 4.69) is 18.6 Å². The van der Waals surface area contributed by atoms with Crippen molar-refractivity contribution in [2.24, 2.45) is 11.7 Å². The van der Waals surface area contributed by atoms with Crippen molar-refractivity contribution in [3.05, 3.63) is 65.7 Å². The molecule has 2 aromatic carbocycles. The zero-order valence-corrected chi connectivity index (χ0v) is 15.3. The Morgan fingerprint density at radius 1 is 1.00 bits per heavy atom. The van der Waals surface area contributed by atoms with Gasteiger partial charge in [-0.3, -0.25) is 4.79 Å². The molecule has 0 spiro atoms. The molecule has 0 saturated heterocycles. The van der Waals surface area contributed by atoms with Gasteiger partial charge in [0.2, 0.25) is 15.9 Å². The van der Waals surface area contributed by atoms with Crippen LogP contribution < -0.4 is 10.5 Å². The minimum Gasteiger partial charge on any atom is -0.366 e. The third-order valence-electron chi connectivity index (χ3n) is 4.41. The van der Waals surface area contributed by atoms with E-state index in [9.17, 15) is 13.2 Å². The Morgan fingerprint density at radius 3 is 2.04 bits per heavy atom. The Kier molecular flexibility index (Phi) is 6.33. The van der Waals surface area contributed by atoms with E-state index < -0.39 is 15.9 Å². The molecule has 3 N–H and O–H groups in total. The number of amides is 1. The lowest BCUT2D eigenvalue weighted by atomic mass is 9.90. The van der Waals surface area contributed by atoms with Gasteiger partial charge in [0.1, 0.15) is 0 Å². The van der Waals surface area contributed by atoms with Crippen molar-refractivity contribution in [1.29, 1.82) is 0 Å². The van der Waals surface area contributed by atoms with Crippen LogP contribution in [0.5, 0.6) is 0 Å². The maximum absolute atomic E-state index is 12.8. The van der Waals surface area contributed by atoms with Crippen molar-refractivity contribution in [3.8, 4) is 0 Å². The summed E-state index contributed by atoms with van der Waals surface area (Å²) in [5.41, 5.74) is 6.42. The van der Waals surface area contributed by atoms with Gasteiger partial charge in [-0.2, -0.15) is 0 Å². The number of carbonyl (C=O) groups excluding carboxylic acids is 1. The number of rotatable bonds is 8. The summed E-state index contributed by atoms with van der Waals surface area (Å²) in [4.78, 5) is 11.3. The molecule has 0 aliphatic rings.